The minimum atomic E-state index is -0.687. The molecule has 2 aromatic carbocycles. The van der Waals surface area contributed by atoms with E-state index in [0.717, 1.165) is 22.0 Å². The minimum Gasteiger partial charge on any atom is -0.361 e. The Morgan fingerprint density at radius 1 is 1.03 bits per heavy atom. The van der Waals surface area contributed by atoms with Crippen LogP contribution in [-0.4, -0.2) is 38.1 Å². The number of anilines is 1. The van der Waals surface area contributed by atoms with Gasteiger partial charge in [-0.1, -0.05) is 30.3 Å². The highest BCUT2D eigenvalue weighted by Crippen LogP contribution is 2.17. The molecule has 146 valence electrons. The Balaban J connectivity index is 1.26. The minimum absolute atomic E-state index is 0.380. The van der Waals surface area contributed by atoms with E-state index < -0.39 is 11.8 Å². The van der Waals surface area contributed by atoms with Crippen molar-refractivity contribution in [1.82, 2.24) is 25.1 Å². The number of amides is 2. The SMILES string of the molecule is O=C(NCCc1c[nH]c2ccccc12)C(=O)Nc1ccc(Cn2cncn2)cc1. The summed E-state index contributed by atoms with van der Waals surface area (Å²) >= 11 is 0. The Bertz CT molecular complexity index is 1120. The zero-order chi connectivity index (χ0) is 20.1. The van der Waals surface area contributed by atoms with Gasteiger partial charge < -0.3 is 15.6 Å². The zero-order valence-corrected chi connectivity index (χ0v) is 15.6. The average Bonchev–Trinajstić information content (AvgIpc) is 3.39. The topological polar surface area (TPSA) is 105 Å². The number of H-pyrrole nitrogens is 1. The first-order valence-electron chi connectivity index (χ1n) is 9.24. The van der Waals surface area contributed by atoms with Gasteiger partial charge >= 0.3 is 11.8 Å². The summed E-state index contributed by atoms with van der Waals surface area (Å²) in [5.74, 6) is -1.34. The monoisotopic (exact) mass is 388 g/mol. The lowest BCUT2D eigenvalue weighted by molar-refractivity contribution is -0.136. The quantitative estimate of drug-likeness (QED) is 0.440. The highest BCUT2D eigenvalue weighted by Gasteiger charge is 2.13. The molecular weight excluding hydrogens is 368 g/mol. The number of hydrogen-bond donors (Lipinski definition) is 3. The first-order chi connectivity index (χ1) is 14.2. The molecule has 0 aliphatic rings. The van der Waals surface area contributed by atoms with Crippen molar-refractivity contribution in [3.8, 4) is 0 Å². The Hall–Kier alpha value is -3.94. The molecule has 0 atom stereocenters. The fourth-order valence-corrected chi connectivity index (χ4v) is 3.11. The molecule has 2 aromatic heterocycles. The highest BCUT2D eigenvalue weighted by atomic mass is 16.2. The molecule has 0 bridgehead atoms. The third kappa shape index (κ3) is 4.49. The van der Waals surface area contributed by atoms with Gasteiger partial charge in [0.05, 0.1) is 6.54 Å². The number of carbonyl (C=O) groups is 2. The number of rotatable bonds is 6. The van der Waals surface area contributed by atoms with E-state index in [1.54, 1.807) is 23.1 Å². The average molecular weight is 388 g/mol. The number of benzene rings is 2. The standard InChI is InChI=1S/C21H20N6O2/c28-20(23-10-9-16-11-24-19-4-2-1-3-18(16)19)21(29)26-17-7-5-15(6-8-17)12-27-14-22-13-25-27/h1-8,11,13-14,24H,9-10,12H2,(H,23,28)(H,26,29). The van der Waals surface area contributed by atoms with Gasteiger partial charge in [-0.05, 0) is 35.7 Å². The number of nitrogens with one attached hydrogen (secondary N) is 3. The van der Waals surface area contributed by atoms with Gasteiger partial charge in [0.1, 0.15) is 12.7 Å². The second kappa shape index (κ2) is 8.39. The molecule has 2 heterocycles. The highest BCUT2D eigenvalue weighted by molar-refractivity contribution is 6.39. The molecule has 4 aromatic rings. The van der Waals surface area contributed by atoms with Crippen LogP contribution in [0.1, 0.15) is 11.1 Å². The molecule has 0 saturated heterocycles. The molecule has 0 spiro atoms. The summed E-state index contributed by atoms with van der Waals surface area (Å²) in [4.78, 5) is 31.3. The molecule has 29 heavy (non-hydrogen) atoms. The van der Waals surface area contributed by atoms with Crippen molar-refractivity contribution in [2.45, 2.75) is 13.0 Å². The molecular formula is C21H20N6O2. The normalized spacial score (nSPS) is 10.8. The number of aromatic amines is 1. The molecule has 3 N–H and O–H groups in total. The zero-order valence-electron chi connectivity index (χ0n) is 15.6. The third-order valence-corrected chi connectivity index (χ3v) is 4.58. The van der Waals surface area contributed by atoms with Gasteiger partial charge in [0, 0.05) is 29.3 Å². The maximum absolute atomic E-state index is 12.1. The lowest BCUT2D eigenvalue weighted by Gasteiger charge is -2.07. The van der Waals surface area contributed by atoms with Crippen LogP contribution >= 0.6 is 0 Å². The van der Waals surface area contributed by atoms with Crippen LogP contribution in [0.15, 0.2) is 67.4 Å². The molecule has 8 nitrogen and oxygen atoms in total. The molecule has 0 aliphatic heterocycles. The van der Waals surface area contributed by atoms with Crippen LogP contribution in [0.25, 0.3) is 10.9 Å². The fraction of sp³-hybridized carbons (Fsp3) is 0.143. The second-order valence-corrected chi connectivity index (χ2v) is 6.61. The van der Waals surface area contributed by atoms with Crippen molar-refractivity contribution < 1.29 is 9.59 Å². The van der Waals surface area contributed by atoms with Gasteiger partial charge in [-0.3, -0.25) is 9.59 Å². The molecule has 4 rings (SSSR count). The van der Waals surface area contributed by atoms with Crippen LogP contribution in [-0.2, 0) is 22.6 Å². The summed E-state index contributed by atoms with van der Waals surface area (Å²) < 4.78 is 1.70. The second-order valence-electron chi connectivity index (χ2n) is 6.61. The van der Waals surface area contributed by atoms with Crippen LogP contribution in [0.4, 0.5) is 5.69 Å². The van der Waals surface area contributed by atoms with Gasteiger partial charge in [-0.15, -0.1) is 0 Å². The van der Waals surface area contributed by atoms with Gasteiger partial charge in [0.15, 0.2) is 0 Å². The van der Waals surface area contributed by atoms with Crippen molar-refractivity contribution in [1.29, 1.82) is 0 Å². The summed E-state index contributed by atoms with van der Waals surface area (Å²) in [6, 6.07) is 15.2. The van der Waals surface area contributed by atoms with Crippen molar-refractivity contribution in [3.63, 3.8) is 0 Å². The van der Waals surface area contributed by atoms with E-state index in [2.05, 4.69) is 25.7 Å². The third-order valence-electron chi connectivity index (χ3n) is 4.58. The van der Waals surface area contributed by atoms with Crippen LogP contribution in [0, 0.1) is 0 Å². The summed E-state index contributed by atoms with van der Waals surface area (Å²) in [5.41, 5.74) is 3.73. The molecule has 0 aliphatic carbocycles. The molecule has 2 amide bonds. The Morgan fingerprint density at radius 3 is 2.66 bits per heavy atom. The fourth-order valence-electron chi connectivity index (χ4n) is 3.11. The Labute approximate surface area is 167 Å². The largest absolute Gasteiger partial charge is 0.361 e. The number of hydrogen-bond acceptors (Lipinski definition) is 4. The molecule has 0 radical (unpaired) electrons. The van der Waals surface area contributed by atoms with Gasteiger partial charge in [0.25, 0.3) is 0 Å². The number of carbonyl (C=O) groups excluding carboxylic acids is 2. The molecule has 0 fully saturated rings. The number of aromatic nitrogens is 4. The Kier molecular flexibility index (Phi) is 5.33. The predicted octanol–water partition coefficient (Wildman–Crippen LogP) is 2.11. The maximum Gasteiger partial charge on any atom is 0.313 e. The number of nitrogens with zero attached hydrogens (tertiary/aromatic N) is 3. The summed E-state index contributed by atoms with van der Waals surface area (Å²) in [6.45, 7) is 0.966. The van der Waals surface area contributed by atoms with Crippen molar-refractivity contribution in [3.05, 3.63) is 78.5 Å². The van der Waals surface area contributed by atoms with Crippen LogP contribution < -0.4 is 10.6 Å². The van der Waals surface area contributed by atoms with E-state index in [4.69, 9.17) is 0 Å². The van der Waals surface area contributed by atoms with Crippen LogP contribution in [0.5, 0.6) is 0 Å². The maximum atomic E-state index is 12.1. The number of para-hydroxylation sites is 1. The number of fused-ring (bicyclic) bond motifs is 1. The van der Waals surface area contributed by atoms with E-state index in [-0.39, 0.29) is 0 Å². The van der Waals surface area contributed by atoms with E-state index in [9.17, 15) is 9.59 Å². The van der Waals surface area contributed by atoms with E-state index in [1.165, 1.54) is 6.33 Å². The van der Waals surface area contributed by atoms with Crippen LogP contribution in [0.2, 0.25) is 0 Å². The van der Waals surface area contributed by atoms with E-state index in [1.807, 2.05) is 42.6 Å². The van der Waals surface area contributed by atoms with Crippen molar-refractivity contribution in [2.75, 3.05) is 11.9 Å². The van der Waals surface area contributed by atoms with Gasteiger partial charge in [-0.25, -0.2) is 9.67 Å². The van der Waals surface area contributed by atoms with Crippen molar-refractivity contribution in [2.24, 2.45) is 0 Å². The summed E-state index contributed by atoms with van der Waals surface area (Å²) in [5, 5.41) is 10.4. The molecule has 0 unspecified atom stereocenters. The summed E-state index contributed by atoms with van der Waals surface area (Å²) in [6.07, 6.45) is 5.68. The summed E-state index contributed by atoms with van der Waals surface area (Å²) in [7, 11) is 0. The van der Waals surface area contributed by atoms with E-state index in [0.29, 0.717) is 25.2 Å². The molecule has 8 heteroatoms. The lowest BCUT2D eigenvalue weighted by Crippen LogP contribution is -2.36. The van der Waals surface area contributed by atoms with E-state index >= 15 is 0 Å². The lowest BCUT2D eigenvalue weighted by atomic mass is 10.1. The molecule has 0 saturated carbocycles. The first kappa shape index (κ1) is 18.4. The van der Waals surface area contributed by atoms with Crippen molar-refractivity contribution >= 4 is 28.4 Å². The van der Waals surface area contributed by atoms with Gasteiger partial charge in [0.2, 0.25) is 0 Å². The Morgan fingerprint density at radius 2 is 1.86 bits per heavy atom. The predicted molar refractivity (Wildman–Crippen MR) is 109 cm³/mol. The smallest absolute Gasteiger partial charge is 0.313 e. The van der Waals surface area contributed by atoms with Gasteiger partial charge in [-0.2, -0.15) is 5.10 Å². The van der Waals surface area contributed by atoms with Crippen LogP contribution in [0.3, 0.4) is 0 Å². The first-order valence-corrected chi connectivity index (χ1v) is 9.24.